The predicted octanol–water partition coefficient (Wildman–Crippen LogP) is 6.05. The summed E-state index contributed by atoms with van der Waals surface area (Å²) < 4.78 is 11.3. The average Bonchev–Trinajstić information content (AvgIpc) is 2.78. The summed E-state index contributed by atoms with van der Waals surface area (Å²) in [4.78, 5) is 12.6. The van der Waals surface area contributed by atoms with Crippen LogP contribution in [-0.4, -0.2) is 30.7 Å². The highest BCUT2D eigenvalue weighted by atomic mass is 16.5. The van der Waals surface area contributed by atoms with Crippen LogP contribution in [0.1, 0.15) is 75.2 Å². The van der Waals surface area contributed by atoms with E-state index in [4.69, 9.17) is 14.6 Å². The van der Waals surface area contributed by atoms with Gasteiger partial charge >= 0.3 is 0 Å². The van der Waals surface area contributed by atoms with Crippen LogP contribution >= 0.6 is 0 Å². The Morgan fingerprint density at radius 2 is 1.17 bits per heavy atom. The molecule has 4 nitrogen and oxygen atoms in total. The topological polar surface area (TPSA) is 55.8 Å². The summed E-state index contributed by atoms with van der Waals surface area (Å²) in [5.41, 5.74) is 1.29. The number of rotatable bonds is 13. The fourth-order valence-corrected chi connectivity index (χ4v) is 2.69. The summed E-state index contributed by atoms with van der Waals surface area (Å²) in [6, 6.07) is 14.5. The molecule has 4 heteroatoms. The molecule has 1 N–H and O–H groups in total. The number of carbonyl (C=O) groups excluding carboxylic acids is 1. The second-order valence-corrected chi connectivity index (χ2v) is 6.57. The average molecular weight is 401 g/mol. The first-order chi connectivity index (χ1) is 14.2. The zero-order valence-corrected chi connectivity index (χ0v) is 18.2. The van der Waals surface area contributed by atoms with Crippen LogP contribution in [0.15, 0.2) is 48.5 Å². The lowest BCUT2D eigenvalue weighted by Gasteiger charge is -2.08. The Labute approximate surface area is 175 Å². The number of ketones is 1. The molecule has 0 aromatic heterocycles. The van der Waals surface area contributed by atoms with Crippen molar-refractivity contribution in [2.45, 2.75) is 59.3 Å². The monoisotopic (exact) mass is 400 g/mol. The van der Waals surface area contributed by atoms with Gasteiger partial charge in [-0.15, -0.1) is 0 Å². The van der Waals surface area contributed by atoms with E-state index in [1.54, 1.807) is 12.1 Å². The molecule has 0 aliphatic rings. The lowest BCUT2D eigenvalue weighted by molar-refractivity contribution is 0.103. The van der Waals surface area contributed by atoms with Crippen LogP contribution in [0, 0.1) is 0 Å². The third kappa shape index (κ3) is 9.62. The molecule has 2 aromatic carbocycles. The van der Waals surface area contributed by atoms with E-state index in [2.05, 4.69) is 6.92 Å². The number of aliphatic hydroxyl groups is 1. The molecule has 0 amide bonds. The number of unbranched alkanes of at least 4 members (excludes halogenated alkanes) is 4. The van der Waals surface area contributed by atoms with E-state index in [1.807, 2.05) is 50.2 Å². The number of ether oxygens (including phenoxy) is 2. The lowest BCUT2D eigenvalue weighted by Crippen LogP contribution is -2.03. The first-order valence-corrected chi connectivity index (χ1v) is 10.9. The number of hydrogen-bond donors (Lipinski definition) is 1. The van der Waals surface area contributed by atoms with Crippen LogP contribution in [0.25, 0.3) is 0 Å². The molecule has 0 radical (unpaired) electrons. The van der Waals surface area contributed by atoms with E-state index in [0.29, 0.717) is 24.3 Å². The minimum atomic E-state index is -0.0120. The highest BCUT2D eigenvalue weighted by Gasteiger charge is 2.09. The Hall–Kier alpha value is -2.33. The summed E-state index contributed by atoms with van der Waals surface area (Å²) in [6.07, 6.45) is 6.05. The molecular weight excluding hydrogens is 364 g/mol. The van der Waals surface area contributed by atoms with E-state index < -0.39 is 0 Å². The maximum Gasteiger partial charge on any atom is 0.193 e. The van der Waals surface area contributed by atoms with Gasteiger partial charge in [0.25, 0.3) is 0 Å². The summed E-state index contributed by atoms with van der Waals surface area (Å²) in [7, 11) is 0. The molecule has 0 atom stereocenters. The molecule has 0 aliphatic carbocycles. The molecule has 0 aliphatic heterocycles. The van der Waals surface area contributed by atoms with Crippen molar-refractivity contribution in [1.29, 1.82) is 0 Å². The van der Waals surface area contributed by atoms with Gasteiger partial charge in [-0.25, -0.2) is 0 Å². The van der Waals surface area contributed by atoms with Crippen LogP contribution in [-0.2, 0) is 0 Å². The predicted molar refractivity (Wildman–Crippen MR) is 119 cm³/mol. The second kappa shape index (κ2) is 15.6. The fourth-order valence-electron chi connectivity index (χ4n) is 2.69. The van der Waals surface area contributed by atoms with E-state index in [0.717, 1.165) is 37.2 Å². The molecule has 0 saturated heterocycles. The molecule has 2 rings (SSSR count). The van der Waals surface area contributed by atoms with Crippen molar-refractivity contribution in [2.75, 3.05) is 19.8 Å². The summed E-state index contributed by atoms with van der Waals surface area (Å²) in [5.74, 6) is 1.54. The zero-order chi connectivity index (χ0) is 21.3. The number of hydrogen-bond acceptors (Lipinski definition) is 4. The fraction of sp³-hybridized carbons (Fsp3) is 0.480. The highest BCUT2D eigenvalue weighted by molar-refractivity contribution is 6.09. The normalized spacial score (nSPS) is 10.1. The van der Waals surface area contributed by atoms with E-state index >= 15 is 0 Å². The largest absolute Gasteiger partial charge is 0.494 e. The van der Waals surface area contributed by atoms with Gasteiger partial charge in [0.05, 0.1) is 13.2 Å². The molecule has 0 heterocycles. The molecular formula is C25H36O4. The highest BCUT2D eigenvalue weighted by Crippen LogP contribution is 2.18. The lowest BCUT2D eigenvalue weighted by atomic mass is 10.0. The van der Waals surface area contributed by atoms with Crippen molar-refractivity contribution < 1.29 is 19.4 Å². The third-order valence-electron chi connectivity index (χ3n) is 4.32. The van der Waals surface area contributed by atoms with Crippen LogP contribution < -0.4 is 9.47 Å². The Bertz CT molecular complexity index is 662. The quantitative estimate of drug-likeness (QED) is 0.328. The zero-order valence-electron chi connectivity index (χ0n) is 18.2. The maximum absolute atomic E-state index is 12.6. The van der Waals surface area contributed by atoms with Crippen LogP contribution in [0.5, 0.6) is 11.5 Å². The first kappa shape index (κ1) is 24.7. The molecule has 0 bridgehead atoms. The van der Waals surface area contributed by atoms with Crippen molar-refractivity contribution in [3.05, 3.63) is 59.7 Å². The van der Waals surface area contributed by atoms with Gasteiger partial charge in [0.1, 0.15) is 11.5 Å². The molecule has 29 heavy (non-hydrogen) atoms. The Morgan fingerprint density at radius 3 is 1.59 bits per heavy atom. The number of carbonyl (C=O) groups is 1. The van der Waals surface area contributed by atoms with E-state index in [1.165, 1.54) is 12.8 Å². The first-order valence-electron chi connectivity index (χ1n) is 10.9. The Balaban J connectivity index is 0.00000204. The van der Waals surface area contributed by atoms with Gasteiger partial charge in [0.2, 0.25) is 0 Å². The van der Waals surface area contributed by atoms with Crippen molar-refractivity contribution in [3.8, 4) is 11.5 Å². The van der Waals surface area contributed by atoms with Gasteiger partial charge in [-0.1, -0.05) is 33.6 Å². The van der Waals surface area contributed by atoms with Crippen molar-refractivity contribution in [3.63, 3.8) is 0 Å². The maximum atomic E-state index is 12.6. The van der Waals surface area contributed by atoms with E-state index in [9.17, 15) is 4.79 Å². The molecule has 0 fully saturated rings. The molecule has 0 saturated carbocycles. The number of aliphatic hydroxyl groups excluding tert-OH is 1. The van der Waals surface area contributed by atoms with Gasteiger partial charge in [-0.3, -0.25) is 4.79 Å². The van der Waals surface area contributed by atoms with Gasteiger partial charge < -0.3 is 14.6 Å². The van der Waals surface area contributed by atoms with Gasteiger partial charge in [0.15, 0.2) is 5.78 Å². The van der Waals surface area contributed by atoms with Gasteiger partial charge in [-0.05, 0) is 74.2 Å². The van der Waals surface area contributed by atoms with Crippen molar-refractivity contribution in [1.82, 2.24) is 0 Å². The molecule has 160 valence electrons. The van der Waals surface area contributed by atoms with Gasteiger partial charge in [-0.2, -0.15) is 0 Å². The molecule has 0 unspecified atom stereocenters. The van der Waals surface area contributed by atoms with E-state index in [-0.39, 0.29) is 12.4 Å². The smallest absolute Gasteiger partial charge is 0.193 e. The minimum Gasteiger partial charge on any atom is -0.494 e. The van der Waals surface area contributed by atoms with Crippen LogP contribution in [0.4, 0.5) is 0 Å². The SMILES string of the molecule is CC.CCCCCOc1ccc(C(=O)c2ccc(OCCCCCO)cc2)cc1. The standard InChI is InChI=1S/C23H30O4.C2H6/c1-2-3-6-17-26-21-12-8-19(9-13-21)23(25)20-10-14-22(15-11-20)27-18-7-4-5-16-24;1-2/h8-15,24H,2-7,16-18H2,1H3;1-2H3. The molecule has 2 aromatic rings. The number of benzene rings is 2. The summed E-state index contributed by atoms with van der Waals surface area (Å²) in [6.45, 7) is 7.72. The Morgan fingerprint density at radius 1 is 0.724 bits per heavy atom. The minimum absolute atomic E-state index is 0.0120. The van der Waals surface area contributed by atoms with Crippen LogP contribution in [0.3, 0.4) is 0 Å². The molecule has 0 spiro atoms. The third-order valence-corrected chi connectivity index (χ3v) is 4.32. The van der Waals surface area contributed by atoms with Crippen molar-refractivity contribution in [2.24, 2.45) is 0 Å². The Kier molecular flexibility index (Phi) is 13.3. The van der Waals surface area contributed by atoms with Crippen molar-refractivity contribution >= 4 is 5.78 Å². The summed E-state index contributed by atoms with van der Waals surface area (Å²) >= 11 is 0. The van der Waals surface area contributed by atoms with Gasteiger partial charge in [0, 0.05) is 17.7 Å². The second-order valence-electron chi connectivity index (χ2n) is 6.57. The van der Waals surface area contributed by atoms with Crippen LogP contribution in [0.2, 0.25) is 0 Å². The summed E-state index contributed by atoms with van der Waals surface area (Å²) in [5, 5.41) is 8.75.